The monoisotopic (exact) mass is 555 g/mol. The number of aliphatic imine (C=N–C) groups is 1. The van der Waals surface area contributed by atoms with Gasteiger partial charge >= 0.3 is 0 Å². The van der Waals surface area contributed by atoms with Gasteiger partial charge in [0.15, 0.2) is 5.17 Å². The molecule has 2 heterocycles. The largest absolute Gasteiger partial charge is 0.337 e. The van der Waals surface area contributed by atoms with Gasteiger partial charge in [-0.05, 0) is 66.2 Å². The highest BCUT2D eigenvalue weighted by molar-refractivity contribution is 9.10. The first-order valence-electron chi connectivity index (χ1n) is 10.3. The molecular weight excluding hydrogens is 538 g/mol. The van der Waals surface area contributed by atoms with E-state index in [0.717, 1.165) is 32.2 Å². The number of fused-ring (bicyclic) bond motifs is 1. The molecule has 2 aliphatic rings. The van der Waals surface area contributed by atoms with Crippen LogP contribution in [0.3, 0.4) is 0 Å². The predicted molar refractivity (Wildman–Crippen MR) is 143 cm³/mol. The van der Waals surface area contributed by atoms with Gasteiger partial charge < -0.3 is 4.90 Å². The molecule has 0 unspecified atom stereocenters. The van der Waals surface area contributed by atoms with Crippen molar-refractivity contribution in [1.82, 2.24) is 4.90 Å². The summed E-state index contributed by atoms with van der Waals surface area (Å²) in [6, 6.07) is 23.8. The Morgan fingerprint density at radius 2 is 1.76 bits per heavy atom. The quantitative estimate of drug-likeness (QED) is 0.316. The van der Waals surface area contributed by atoms with E-state index in [1.165, 1.54) is 17.3 Å². The Morgan fingerprint density at radius 1 is 1.00 bits per heavy atom. The summed E-state index contributed by atoms with van der Waals surface area (Å²) >= 11 is 12.7. The molecule has 0 radical (unpaired) electrons. The zero-order chi connectivity index (χ0) is 22.9. The highest BCUT2D eigenvalue weighted by Gasteiger charge is 2.39. The molecule has 0 aromatic heterocycles. The summed E-state index contributed by atoms with van der Waals surface area (Å²) in [6.45, 7) is 0.565. The van der Waals surface area contributed by atoms with Crippen LogP contribution in [0.5, 0.6) is 0 Å². The Kier molecular flexibility index (Phi) is 6.56. The number of carbonyl (C=O) groups excluding carboxylic acids is 1. The van der Waals surface area contributed by atoms with Gasteiger partial charge in [0.2, 0.25) is 0 Å². The van der Waals surface area contributed by atoms with Gasteiger partial charge in [0, 0.05) is 28.0 Å². The van der Waals surface area contributed by atoms with E-state index in [0.29, 0.717) is 21.6 Å². The van der Waals surface area contributed by atoms with Crippen LogP contribution in [0.25, 0.3) is 0 Å². The average molecular weight is 557 g/mol. The van der Waals surface area contributed by atoms with Gasteiger partial charge in [0.25, 0.3) is 5.91 Å². The lowest BCUT2D eigenvalue weighted by atomic mass is 10.1. The molecule has 4 nitrogen and oxygen atoms in total. The van der Waals surface area contributed by atoms with E-state index in [1.54, 1.807) is 16.7 Å². The highest BCUT2D eigenvalue weighted by atomic mass is 79.9. The van der Waals surface area contributed by atoms with E-state index < -0.39 is 0 Å². The summed E-state index contributed by atoms with van der Waals surface area (Å²) in [4.78, 5) is 24.1. The molecule has 0 aliphatic carbocycles. The smallest absolute Gasteiger partial charge is 0.269 e. The average Bonchev–Trinajstić information content (AvgIpc) is 3.30. The Balaban J connectivity index is 1.50. The number of benzene rings is 3. The number of nitrogens with zero attached hydrogens (tertiary/aromatic N) is 3. The first-order chi connectivity index (χ1) is 16.0. The molecule has 1 fully saturated rings. The fourth-order valence-corrected chi connectivity index (χ4v) is 6.43. The topological polar surface area (TPSA) is 35.9 Å². The van der Waals surface area contributed by atoms with Crippen LogP contribution >= 0.6 is 51.1 Å². The van der Waals surface area contributed by atoms with Gasteiger partial charge in [-0.1, -0.05) is 69.6 Å². The van der Waals surface area contributed by atoms with Crippen LogP contribution in [0.4, 0.5) is 11.4 Å². The number of anilines is 1. The van der Waals surface area contributed by atoms with Crippen LogP contribution < -0.4 is 4.90 Å². The van der Waals surface area contributed by atoms with Crippen LogP contribution in [0.2, 0.25) is 5.02 Å². The maximum absolute atomic E-state index is 13.6. The lowest BCUT2D eigenvalue weighted by Crippen LogP contribution is -2.31. The summed E-state index contributed by atoms with van der Waals surface area (Å²) in [5.74, 6) is -0.0138. The Labute approximate surface area is 214 Å². The van der Waals surface area contributed by atoms with Crippen LogP contribution in [-0.4, -0.2) is 29.6 Å². The van der Waals surface area contributed by atoms with Gasteiger partial charge in [-0.15, -0.1) is 0 Å². The minimum Gasteiger partial charge on any atom is -0.337 e. The summed E-state index contributed by atoms with van der Waals surface area (Å²) < 4.78 is 0.991. The zero-order valence-electron chi connectivity index (χ0n) is 17.7. The van der Waals surface area contributed by atoms with Crippen LogP contribution in [0.15, 0.2) is 97.1 Å². The molecule has 0 saturated carbocycles. The maximum atomic E-state index is 13.6. The molecule has 0 N–H and O–H groups in total. The normalized spacial score (nSPS) is 19.0. The molecule has 0 spiro atoms. The third-order valence-electron chi connectivity index (χ3n) is 5.37. The Morgan fingerprint density at radius 3 is 2.52 bits per heavy atom. The van der Waals surface area contributed by atoms with Crippen LogP contribution in [0, 0.1) is 0 Å². The Hall–Kier alpha value is -2.19. The number of amidine groups is 1. The molecule has 166 valence electrons. The number of carbonyl (C=O) groups is 1. The van der Waals surface area contributed by atoms with Crippen molar-refractivity contribution < 1.29 is 4.79 Å². The predicted octanol–water partition coefficient (Wildman–Crippen LogP) is 7.32. The van der Waals surface area contributed by atoms with E-state index in [2.05, 4.69) is 28.1 Å². The summed E-state index contributed by atoms with van der Waals surface area (Å²) in [6.07, 6.45) is 0.758. The molecular formula is C25H19BrClN3OS2. The second-order valence-corrected chi connectivity index (χ2v) is 10.9. The second kappa shape index (κ2) is 9.58. The molecule has 1 amide bonds. The molecule has 33 heavy (non-hydrogen) atoms. The lowest BCUT2D eigenvalue weighted by Gasteiger charge is -2.17. The number of halogens is 2. The third-order valence-corrected chi connectivity index (χ3v) is 8.57. The Bertz CT molecular complexity index is 1280. The van der Waals surface area contributed by atoms with Crippen molar-refractivity contribution >= 4 is 73.5 Å². The maximum Gasteiger partial charge on any atom is 0.269 e. The van der Waals surface area contributed by atoms with Crippen LogP contribution in [-0.2, 0) is 11.2 Å². The zero-order valence-corrected chi connectivity index (χ0v) is 21.6. The van der Waals surface area contributed by atoms with Gasteiger partial charge in [-0.2, -0.15) is 0 Å². The van der Waals surface area contributed by atoms with Crippen LogP contribution in [0.1, 0.15) is 5.56 Å². The molecule has 1 saturated heterocycles. The number of hydrogen-bond donors (Lipinski definition) is 0. The molecule has 3 aromatic carbocycles. The van der Waals surface area contributed by atoms with E-state index in [1.807, 2.05) is 72.6 Å². The first kappa shape index (κ1) is 22.6. The number of amides is 1. The van der Waals surface area contributed by atoms with E-state index in [9.17, 15) is 4.79 Å². The first-order valence-corrected chi connectivity index (χ1v) is 13.1. The third kappa shape index (κ3) is 4.73. The van der Waals surface area contributed by atoms with Crippen molar-refractivity contribution in [3.63, 3.8) is 0 Å². The van der Waals surface area contributed by atoms with Gasteiger partial charge in [0.05, 0.1) is 16.4 Å². The number of rotatable bonds is 4. The summed E-state index contributed by atoms with van der Waals surface area (Å²) in [7, 11) is 1.98. The van der Waals surface area contributed by atoms with Crippen molar-refractivity contribution in [3.05, 3.63) is 97.8 Å². The standard InChI is InChI=1S/C25H19BrClN3OS2/c1-29-20-15-18(27)9-12-21(20)32-24(29)22-23(31)30(14-13-16-5-3-2-4-6-16)25(33-22)28-19-10-7-17(26)8-11-19/h2-12,15H,13-14H2,1H3. The van der Waals surface area contributed by atoms with Crippen molar-refractivity contribution in [3.8, 4) is 0 Å². The SMILES string of the molecule is CN1C(=C2SC(=Nc3ccc(Br)cc3)N(CCc3ccccc3)C2=O)Sc2ccc(Cl)cc21. The summed E-state index contributed by atoms with van der Waals surface area (Å²) in [5.41, 5.74) is 3.01. The fraction of sp³-hybridized carbons (Fsp3) is 0.120. The van der Waals surface area contributed by atoms with Crippen molar-refractivity contribution in [2.75, 3.05) is 18.5 Å². The van der Waals surface area contributed by atoms with E-state index >= 15 is 0 Å². The van der Waals surface area contributed by atoms with Crippen molar-refractivity contribution in [2.24, 2.45) is 4.99 Å². The number of thioether (sulfide) groups is 2. The second-order valence-electron chi connectivity index (χ2n) is 7.57. The number of hydrogen-bond acceptors (Lipinski definition) is 5. The highest BCUT2D eigenvalue weighted by Crippen LogP contribution is 2.50. The van der Waals surface area contributed by atoms with Gasteiger partial charge in [-0.3, -0.25) is 9.69 Å². The van der Waals surface area contributed by atoms with Crippen molar-refractivity contribution in [2.45, 2.75) is 11.3 Å². The minimum absolute atomic E-state index is 0.0138. The van der Waals surface area contributed by atoms with Gasteiger partial charge in [0.1, 0.15) is 4.91 Å². The van der Waals surface area contributed by atoms with Crippen molar-refractivity contribution in [1.29, 1.82) is 0 Å². The molecule has 5 rings (SSSR count). The molecule has 0 bridgehead atoms. The van der Waals surface area contributed by atoms with Gasteiger partial charge in [-0.25, -0.2) is 4.99 Å². The minimum atomic E-state index is -0.0138. The fourth-order valence-electron chi connectivity index (χ4n) is 3.65. The van der Waals surface area contributed by atoms with E-state index in [4.69, 9.17) is 16.6 Å². The molecule has 0 atom stereocenters. The molecule has 8 heteroatoms. The lowest BCUT2D eigenvalue weighted by molar-refractivity contribution is -0.122. The summed E-state index contributed by atoms with van der Waals surface area (Å²) in [5, 5.41) is 2.29. The van der Waals surface area contributed by atoms with E-state index in [-0.39, 0.29) is 5.91 Å². The molecule has 3 aromatic rings. The molecule has 2 aliphatic heterocycles.